The maximum atomic E-state index is 12.8. The quantitative estimate of drug-likeness (QED) is 0.0817. The number of aromatic nitrogens is 1. The van der Waals surface area contributed by atoms with Gasteiger partial charge in [-0.3, -0.25) is 14.2 Å². The first-order valence-electron chi connectivity index (χ1n) is 17.9. The van der Waals surface area contributed by atoms with Crippen LogP contribution in [-0.2, 0) is 36.7 Å². The molecule has 0 unspecified atom stereocenters. The summed E-state index contributed by atoms with van der Waals surface area (Å²) in [4.78, 5) is 17.0. The number of aryl methyl sites for hydroxylation is 2. The number of carbonyl (C=O) groups excluding carboxylic acids is 1. The van der Waals surface area contributed by atoms with Gasteiger partial charge in [-0.1, -0.05) is 104 Å². The molecule has 5 rings (SSSR count). The zero-order valence-electron chi connectivity index (χ0n) is 31.6. The number of pyridine rings is 1. The van der Waals surface area contributed by atoms with Gasteiger partial charge in [0.1, 0.15) is 5.76 Å². The largest absolute Gasteiger partial charge is 0.512 e. The molecule has 3 aromatic carbocycles. The molecule has 0 spiro atoms. The van der Waals surface area contributed by atoms with Crippen LogP contribution in [0.2, 0.25) is 0 Å². The summed E-state index contributed by atoms with van der Waals surface area (Å²) in [5.74, 6) is 0.286. The Hall–Kier alpha value is -2.92. The van der Waals surface area contributed by atoms with Crippen LogP contribution in [0.3, 0.4) is 0 Å². The molecule has 0 bridgehead atoms. The number of thiophene rings is 1. The SMILES string of the molecule is CCC(C)(CC)C(=O)/C=C(\O)C(C)(CC)CC.Cc1c(CCCF)ccc2c1sc1c(-c3[c-]c4ccccc4c(C(C)(C)C)c3)nccc12.[Ir]. The molecule has 0 saturated carbocycles. The molecule has 0 atom stereocenters. The number of carbonyl (C=O) groups is 1. The molecule has 3 nitrogen and oxygen atoms in total. The monoisotopic (exact) mass is 873 g/mol. The molecular formula is C44H55FIrNO2S-. The third-order valence-electron chi connectivity index (χ3n) is 10.9. The van der Waals surface area contributed by atoms with Crippen molar-refractivity contribution >= 4 is 48.1 Å². The minimum atomic E-state index is -0.337. The van der Waals surface area contributed by atoms with Crippen LogP contribution in [0, 0.1) is 23.8 Å². The van der Waals surface area contributed by atoms with Crippen LogP contribution in [0.15, 0.2) is 66.6 Å². The summed E-state index contributed by atoms with van der Waals surface area (Å²) in [6.45, 7) is 20.8. The first-order chi connectivity index (χ1) is 23.2. The third-order valence-corrected chi connectivity index (χ3v) is 12.3. The fourth-order valence-corrected chi connectivity index (χ4v) is 7.65. The zero-order chi connectivity index (χ0) is 36.1. The number of ketones is 1. The molecule has 1 radical (unpaired) electrons. The number of alkyl halides is 1. The van der Waals surface area contributed by atoms with Crippen LogP contribution >= 0.6 is 11.3 Å². The summed E-state index contributed by atoms with van der Waals surface area (Å²) in [6, 6.07) is 20.9. The summed E-state index contributed by atoms with van der Waals surface area (Å²) < 4.78 is 15.2. The van der Waals surface area contributed by atoms with Gasteiger partial charge in [0.05, 0.1) is 6.67 Å². The molecule has 50 heavy (non-hydrogen) atoms. The van der Waals surface area contributed by atoms with Crippen LogP contribution in [0.5, 0.6) is 0 Å². The molecule has 2 heterocycles. The third kappa shape index (κ3) is 8.57. The van der Waals surface area contributed by atoms with Gasteiger partial charge in [-0.25, -0.2) is 0 Å². The van der Waals surface area contributed by atoms with Crippen LogP contribution in [0.1, 0.15) is 111 Å². The van der Waals surface area contributed by atoms with E-state index < -0.39 is 0 Å². The summed E-state index contributed by atoms with van der Waals surface area (Å²) in [5.41, 5.74) is 5.26. The molecule has 0 saturated heterocycles. The van der Waals surface area contributed by atoms with Gasteiger partial charge < -0.3 is 5.11 Å². The standard InChI is InChI=1S/C29H27FNS.C15H28O2.Ir/c1-18-19(9-7-14-30)11-12-23-24-13-15-31-26(28(24)32-27(18)23)21-16-20-8-5-6-10-22(20)25(17-21)29(2,3)4;1-7-14(5,8-2)12(16)11-13(17)15(6,9-3)10-4;/h5-6,8,10-13,15,17H,7,9,14H2,1-4H3;11,16H,7-10H2,1-6H3;/q-1;;/b;12-11-;. The van der Waals surface area contributed by atoms with E-state index in [2.05, 4.69) is 82.3 Å². The predicted molar refractivity (Wildman–Crippen MR) is 210 cm³/mol. The molecule has 0 aliphatic rings. The zero-order valence-corrected chi connectivity index (χ0v) is 34.9. The van der Waals surface area contributed by atoms with E-state index in [1.165, 1.54) is 48.3 Å². The van der Waals surface area contributed by atoms with Crippen molar-refractivity contribution in [3.8, 4) is 11.3 Å². The van der Waals surface area contributed by atoms with E-state index in [9.17, 15) is 14.3 Å². The Morgan fingerprint density at radius 1 is 0.880 bits per heavy atom. The minimum Gasteiger partial charge on any atom is -0.512 e. The number of nitrogens with zero attached hydrogens (tertiary/aromatic N) is 1. The van der Waals surface area contributed by atoms with E-state index in [0.29, 0.717) is 6.42 Å². The number of benzene rings is 3. The Bertz CT molecular complexity index is 1960. The normalized spacial score (nSPS) is 12.6. The summed E-state index contributed by atoms with van der Waals surface area (Å²) in [5, 5.41) is 15.0. The Morgan fingerprint density at radius 2 is 1.50 bits per heavy atom. The molecule has 0 aliphatic heterocycles. The van der Waals surface area contributed by atoms with E-state index in [1.807, 2.05) is 47.7 Å². The molecule has 0 aliphatic carbocycles. The van der Waals surface area contributed by atoms with E-state index in [0.717, 1.165) is 48.7 Å². The van der Waals surface area contributed by atoms with Gasteiger partial charge >= 0.3 is 0 Å². The first-order valence-corrected chi connectivity index (χ1v) is 18.8. The number of hydrogen-bond donors (Lipinski definition) is 1. The van der Waals surface area contributed by atoms with Crippen molar-refractivity contribution < 1.29 is 34.4 Å². The maximum Gasteiger partial charge on any atom is 0.164 e. The second-order valence-corrected chi connectivity index (χ2v) is 16.0. The van der Waals surface area contributed by atoms with Gasteiger partial charge in [0, 0.05) is 63.7 Å². The number of halogens is 1. The summed E-state index contributed by atoms with van der Waals surface area (Å²) in [7, 11) is 0. The molecule has 5 aromatic rings. The van der Waals surface area contributed by atoms with Gasteiger partial charge in [-0.15, -0.1) is 40.5 Å². The molecular weight excluding hydrogens is 818 g/mol. The van der Waals surface area contributed by atoms with Crippen molar-refractivity contribution in [2.75, 3.05) is 6.67 Å². The molecule has 0 fully saturated rings. The maximum absolute atomic E-state index is 12.8. The molecule has 2 aromatic heterocycles. The Kier molecular flexibility index (Phi) is 14.2. The minimum absolute atomic E-state index is 0. The van der Waals surface area contributed by atoms with Gasteiger partial charge in [-0.2, -0.15) is 0 Å². The fourth-order valence-electron chi connectivity index (χ4n) is 6.32. The van der Waals surface area contributed by atoms with Gasteiger partial charge in [0.2, 0.25) is 0 Å². The summed E-state index contributed by atoms with van der Waals surface area (Å²) in [6.07, 6.45) is 8.02. The van der Waals surface area contributed by atoms with Crippen molar-refractivity contribution in [1.82, 2.24) is 4.98 Å². The van der Waals surface area contributed by atoms with Crippen LogP contribution in [0.25, 0.3) is 42.2 Å². The van der Waals surface area contributed by atoms with Crippen molar-refractivity contribution in [2.45, 2.75) is 113 Å². The number of rotatable bonds is 11. The molecule has 6 heteroatoms. The molecule has 1 N–H and O–H groups in total. The number of allylic oxidation sites excluding steroid dienone is 2. The Labute approximate surface area is 317 Å². The topological polar surface area (TPSA) is 50.2 Å². The number of fused-ring (bicyclic) bond motifs is 4. The van der Waals surface area contributed by atoms with Gasteiger partial charge in [0.25, 0.3) is 0 Å². The van der Waals surface area contributed by atoms with Crippen molar-refractivity contribution in [3.63, 3.8) is 0 Å². The first kappa shape index (κ1) is 41.5. The van der Waals surface area contributed by atoms with Crippen molar-refractivity contribution in [3.05, 3.63) is 89.3 Å². The predicted octanol–water partition coefficient (Wildman–Crippen LogP) is 13.2. The fraction of sp³-hybridized carbons (Fsp3) is 0.455. The van der Waals surface area contributed by atoms with Crippen LogP contribution < -0.4 is 0 Å². The van der Waals surface area contributed by atoms with E-state index >= 15 is 0 Å². The number of aliphatic hydroxyl groups excluding tert-OH is 1. The second kappa shape index (κ2) is 17.1. The van der Waals surface area contributed by atoms with E-state index in [4.69, 9.17) is 4.98 Å². The van der Waals surface area contributed by atoms with E-state index in [1.54, 1.807) is 11.3 Å². The average Bonchev–Trinajstić information content (AvgIpc) is 3.49. The number of hydrogen-bond acceptors (Lipinski definition) is 4. The van der Waals surface area contributed by atoms with Gasteiger partial charge in [0.15, 0.2) is 5.78 Å². The Balaban J connectivity index is 0.000000323. The molecule has 271 valence electrons. The number of aliphatic hydroxyl groups is 1. The second-order valence-electron chi connectivity index (χ2n) is 15.0. The molecule has 0 amide bonds. The van der Waals surface area contributed by atoms with Crippen LogP contribution in [0.4, 0.5) is 4.39 Å². The summed E-state index contributed by atoms with van der Waals surface area (Å²) >= 11 is 1.80. The van der Waals surface area contributed by atoms with Crippen molar-refractivity contribution in [1.29, 1.82) is 0 Å². The van der Waals surface area contributed by atoms with Gasteiger partial charge in [-0.05, 0) is 73.4 Å². The smallest absolute Gasteiger partial charge is 0.164 e. The average molecular weight is 873 g/mol. The van der Waals surface area contributed by atoms with E-state index in [-0.39, 0.29) is 54.6 Å². The van der Waals surface area contributed by atoms with Crippen LogP contribution in [-0.4, -0.2) is 22.5 Å². The Morgan fingerprint density at radius 3 is 2.10 bits per heavy atom. The van der Waals surface area contributed by atoms with Crippen molar-refractivity contribution in [2.24, 2.45) is 10.8 Å².